The molecule has 7 heteroatoms. The number of hydrogen-bond acceptors (Lipinski definition) is 7. The highest BCUT2D eigenvalue weighted by Gasteiger charge is 2.68. The fraction of sp³-hybridized carbons (Fsp3) is 0.783. The van der Waals surface area contributed by atoms with Gasteiger partial charge in [-0.25, -0.2) is 0 Å². The molecule has 0 aromatic heterocycles. The van der Waals surface area contributed by atoms with Crippen LogP contribution < -0.4 is 5.73 Å². The summed E-state index contributed by atoms with van der Waals surface area (Å²) in [5.41, 5.74) is 3.78. The van der Waals surface area contributed by atoms with Crippen molar-refractivity contribution in [2.24, 2.45) is 34.3 Å². The lowest BCUT2D eigenvalue weighted by Crippen LogP contribution is -2.62. The number of ether oxygens (including phenoxy) is 1. The maximum Gasteiger partial charge on any atom is 0.320 e. The zero-order chi connectivity index (χ0) is 21.9. The van der Waals surface area contributed by atoms with Crippen molar-refractivity contribution in [3.63, 3.8) is 0 Å². The lowest BCUT2D eigenvalue weighted by Gasteiger charge is -2.60. The van der Waals surface area contributed by atoms with Gasteiger partial charge in [-0.1, -0.05) is 19.4 Å². The van der Waals surface area contributed by atoms with Crippen molar-refractivity contribution in [1.29, 1.82) is 0 Å². The average Bonchev–Trinajstić information content (AvgIpc) is 2.97. The fourth-order valence-corrected chi connectivity index (χ4v) is 7.47. The Morgan fingerprint density at radius 2 is 1.97 bits per heavy atom. The number of carbonyl (C=O) groups is 3. The molecule has 0 spiro atoms. The summed E-state index contributed by atoms with van der Waals surface area (Å²) < 4.78 is 4.91. The molecular weight excluding hydrogens is 386 g/mol. The van der Waals surface area contributed by atoms with Crippen molar-refractivity contribution >= 4 is 17.5 Å². The number of hydrogen-bond donors (Lipinski definition) is 3. The van der Waals surface area contributed by atoms with Gasteiger partial charge in [-0.15, -0.1) is 0 Å². The molecule has 4 aliphatic rings. The summed E-state index contributed by atoms with van der Waals surface area (Å²) >= 11 is 0. The molecule has 4 rings (SSSR count). The molecule has 0 aliphatic heterocycles. The Morgan fingerprint density at radius 1 is 1.23 bits per heavy atom. The normalized spacial score (nSPS) is 45.1. The van der Waals surface area contributed by atoms with Crippen LogP contribution in [0.25, 0.3) is 0 Å². The lowest BCUT2D eigenvalue weighted by atomic mass is 9.45. The molecule has 7 atom stereocenters. The Balaban J connectivity index is 1.62. The van der Waals surface area contributed by atoms with Crippen molar-refractivity contribution < 1.29 is 29.3 Å². The van der Waals surface area contributed by atoms with E-state index in [2.05, 4.69) is 6.92 Å². The summed E-state index contributed by atoms with van der Waals surface area (Å²) in [7, 11) is 0. The fourth-order valence-electron chi connectivity index (χ4n) is 7.47. The summed E-state index contributed by atoms with van der Waals surface area (Å²) in [6.45, 7) is 3.27. The molecule has 0 aromatic carbocycles. The number of nitrogens with two attached hydrogens (primary N) is 1. The predicted molar refractivity (Wildman–Crippen MR) is 108 cm³/mol. The smallest absolute Gasteiger partial charge is 0.320 e. The molecule has 0 bridgehead atoms. The van der Waals surface area contributed by atoms with E-state index in [1.165, 1.54) is 0 Å². The molecule has 4 aliphatic carbocycles. The first-order valence-corrected chi connectivity index (χ1v) is 11.1. The van der Waals surface area contributed by atoms with Crippen molar-refractivity contribution in [3.8, 4) is 0 Å². The molecule has 0 amide bonds. The molecule has 30 heavy (non-hydrogen) atoms. The SMILES string of the molecule is CC12CCC(=O)C=C1CCC1C2C(O)CC2(C)C1CCC2(O)C(=O)COC(=O)CN. The van der Waals surface area contributed by atoms with Crippen LogP contribution in [0.2, 0.25) is 0 Å². The van der Waals surface area contributed by atoms with E-state index in [4.69, 9.17) is 10.5 Å². The Kier molecular flexibility index (Phi) is 5.23. The Bertz CT molecular complexity index is 808. The molecule has 4 N–H and O–H groups in total. The highest BCUT2D eigenvalue weighted by atomic mass is 16.5. The Labute approximate surface area is 177 Å². The number of rotatable bonds is 4. The van der Waals surface area contributed by atoms with Gasteiger partial charge in [0, 0.05) is 11.8 Å². The van der Waals surface area contributed by atoms with Crippen molar-refractivity contribution in [1.82, 2.24) is 0 Å². The average molecular weight is 420 g/mol. The molecule has 3 saturated carbocycles. The van der Waals surface area contributed by atoms with Crippen molar-refractivity contribution in [3.05, 3.63) is 11.6 Å². The van der Waals surface area contributed by atoms with Gasteiger partial charge in [0.25, 0.3) is 0 Å². The highest BCUT2D eigenvalue weighted by Crippen LogP contribution is 2.67. The van der Waals surface area contributed by atoms with Gasteiger partial charge in [0.2, 0.25) is 5.78 Å². The molecule has 7 unspecified atom stereocenters. The lowest BCUT2D eigenvalue weighted by molar-refractivity contribution is -0.184. The zero-order valence-corrected chi connectivity index (χ0v) is 17.9. The van der Waals surface area contributed by atoms with E-state index in [0.29, 0.717) is 25.7 Å². The third kappa shape index (κ3) is 2.93. The van der Waals surface area contributed by atoms with Gasteiger partial charge in [-0.2, -0.15) is 0 Å². The largest absolute Gasteiger partial charge is 0.457 e. The van der Waals surface area contributed by atoms with E-state index in [0.717, 1.165) is 24.8 Å². The second-order valence-electron chi connectivity index (χ2n) is 10.3. The van der Waals surface area contributed by atoms with E-state index in [9.17, 15) is 24.6 Å². The number of aliphatic hydroxyl groups excluding tert-OH is 1. The molecule has 0 aromatic rings. The number of Topliss-reactive ketones (excluding diaryl/α,β-unsaturated/α-hetero) is 1. The third-order valence-electron chi connectivity index (χ3n) is 9.04. The summed E-state index contributed by atoms with van der Waals surface area (Å²) in [5.74, 6) is -0.712. The second-order valence-corrected chi connectivity index (χ2v) is 10.3. The van der Waals surface area contributed by atoms with Crippen LogP contribution in [0.15, 0.2) is 11.6 Å². The van der Waals surface area contributed by atoms with E-state index < -0.39 is 35.5 Å². The third-order valence-corrected chi connectivity index (χ3v) is 9.04. The molecule has 0 radical (unpaired) electrons. The van der Waals surface area contributed by atoms with Crippen LogP contribution in [-0.4, -0.2) is 52.6 Å². The first-order chi connectivity index (χ1) is 14.1. The standard InChI is InChI=1S/C23H33NO6/c1-21-7-5-14(25)9-13(21)3-4-15-16-6-8-23(29,18(27)12-30-19(28)11-24)22(16,2)10-17(26)20(15)21/h9,15-17,20,26,29H,3-8,10-12,24H2,1-2H3. The second kappa shape index (κ2) is 7.24. The summed E-state index contributed by atoms with van der Waals surface area (Å²) in [6.07, 6.45) is 5.38. The molecule has 7 nitrogen and oxygen atoms in total. The molecule has 0 heterocycles. The maximum atomic E-state index is 12.9. The van der Waals surface area contributed by atoms with Crippen molar-refractivity contribution in [2.75, 3.05) is 13.2 Å². The minimum atomic E-state index is -1.63. The summed E-state index contributed by atoms with van der Waals surface area (Å²) in [5, 5.41) is 22.8. The van der Waals surface area contributed by atoms with Crippen LogP contribution in [-0.2, 0) is 19.1 Å². The van der Waals surface area contributed by atoms with Crippen LogP contribution in [0, 0.1) is 28.6 Å². The van der Waals surface area contributed by atoms with Gasteiger partial charge in [0.05, 0.1) is 12.6 Å². The van der Waals surface area contributed by atoms with Crippen LogP contribution in [0.1, 0.15) is 58.8 Å². The minimum Gasteiger partial charge on any atom is -0.457 e. The number of ketones is 2. The number of aliphatic hydroxyl groups is 2. The molecule has 3 fully saturated rings. The topological polar surface area (TPSA) is 127 Å². The van der Waals surface area contributed by atoms with Crippen LogP contribution in [0.4, 0.5) is 0 Å². The Morgan fingerprint density at radius 3 is 2.67 bits per heavy atom. The van der Waals surface area contributed by atoms with Gasteiger partial charge in [0.15, 0.2) is 12.4 Å². The van der Waals surface area contributed by atoms with Gasteiger partial charge >= 0.3 is 5.97 Å². The van der Waals surface area contributed by atoms with Crippen LogP contribution >= 0.6 is 0 Å². The predicted octanol–water partition coefficient (Wildman–Crippen LogP) is 1.29. The monoisotopic (exact) mass is 419 g/mol. The first-order valence-electron chi connectivity index (χ1n) is 11.1. The summed E-state index contributed by atoms with van der Waals surface area (Å²) in [4.78, 5) is 36.3. The van der Waals surface area contributed by atoms with Gasteiger partial charge in [0.1, 0.15) is 5.60 Å². The van der Waals surface area contributed by atoms with Crippen LogP contribution in [0.5, 0.6) is 0 Å². The van der Waals surface area contributed by atoms with Gasteiger partial charge in [-0.05, 0) is 67.8 Å². The number of fused-ring (bicyclic) bond motifs is 5. The van der Waals surface area contributed by atoms with Gasteiger partial charge in [-0.3, -0.25) is 14.4 Å². The molecule has 166 valence electrons. The summed E-state index contributed by atoms with van der Waals surface area (Å²) in [6, 6.07) is 0. The quantitative estimate of drug-likeness (QED) is 0.586. The van der Waals surface area contributed by atoms with Crippen molar-refractivity contribution in [2.45, 2.75) is 70.5 Å². The van der Waals surface area contributed by atoms with E-state index in [-0.39, 0.29) is 35.5 Å². The highest BCUT2D eigenvalue weighted by molar-refractivity contribution is 5.92. The zero-order valence-electron chi connectivity index (χ0n) is 17.9. The minimum absolute atomic E-state index is 0.0243. The number of carbonyl (C=O) groups excluding carboxylic acids is 3. The number of esters is 1. The first kappa shape index (κ1) is 21.7. The van der Waals surface area contributed by atoms with E-state index >= 15 is 0 Å². The van der Waals surface area contributed by atoms with E-state index in [1.54, 1.807) is 6.08 Å². The van der Waals surface area contributed by atoms with Crippen LogP contribution in [0.3, 0.4) is 0 Å². The maximum absolute atomic E-state index is 12.9. The Hall–Kier alpha value is -1.57. The number of allylic oxidation sites excluding steroid dienone is 1. The van der Waals surface area contributed by atoms with Gasteiger partial charge < -0.3 is 20.7 Å². The molecular formula is C23H33NO6. The van der Waals surface area contributed by atoms with E-state index in [1.807, 2.05) is 6.92 Å². The molecule has 0 saturated heterocycles.